The molecule has 0 radical (unpaired) electrons. The number of nitrogens with one attached hydrogen (secondary N) is 1. The van der Waals surface area contributed by atoms with E-state index in [2.05, 4.69) is 15.0 Å². The van der Waals surface area contributed by atoms with Crippen molar-refractivity contribution in [3.63, 3.8) is 0 Å². The van der Waals surface area contributed by atoms with Gasteiger partial charge in [0, 0.05) is 18.0 Å². The van der Waals surface area contributed by atoms with Gasteiger partial charge in [-0.2, -0.15) is 0 Å². The quantitative estimate of drug-likeness (QED) is 0.543. The number of aromatic nitrogens is 1. The van der Waals surface area contributed by atoms with E-state index in [1.807, 2.05) is 0 Å². The molecule has 0 aliphatic rings. The van der Waals surface area contributed by atoms with Crippen molar-refractivity contribution in [1.82, 2.24) is 10.3 Å². The second kappa shape index (κ2) is 4.96. The van der Waals surface area contributed by atoms with E-state index >= 15 is 0 Å². The Morgan fingerprint density at radius 1 is 1.71 bits per heavy atom. The van der Waals surface area contributed by atoms with Gasteiger partial charge < -0.3 is 10.1 Å². The highest BCUT2D eigenvalue weighted by Crippen LogP contribution is 2.11. The molecule has 1 heterocycles. The Balaban J connectivity index is 2.88. The molecule has 14 heavy (non-hydrogen) atoms. The van der Waals surface area contributed by atoms with E-state index < -0.39 is 12.0 Å². The van der Waals surface area contributed by atoms with Crippen LogP contribution in [0.3, 0.4) is 0 Å². The first-order chi connectivity index (χ1) is 6.79. The molecule has 5 heteroatoms. The van der Waals surface area contributed by atoms with E-state index in [1.165, 1.54) is 13.3 Å². The summed E-state index contributed by atoms with van der Waals surface area (Å²) < 4.78 is 4.53. The largest absolute Gasteiger partial charge is 0.467 e. The van der Waals surface area contributed by atoms with Crippen LogP contribution in [0.2, 0.25) is 0 Å². The molecule has 0 bridgehead atoms. The number of rotatable bonds is 4. The first-order valence-electron chi connectivity index (χ1n) is 3.97. The van der Waals surface area contributed by atoms with Crippen LogP contribution in [0.1, 0.15) is 11.6 Å². The second-order valence-corrected chi connectivity index (χ2v) is 2.53. The Kier molecular flexibility index (Phi) is 3.60. The molecule has 0 spiro atoms. The standard InChI is InChI=1S/C9H10N2O3/c1-14-9(13)8(11-6-12)7-3-2-4-10-5-7/h2-6,8H,1H3,(H,11,12)/t8-/m1/s1. The molecule has 0 saturated carbocycles. The minimum atomic E-state index is -0.786. The van der Waals surface area contributed by atoms with Crippen LogP contribution in [0.5, 0.6) is 0 Å². The second-order valence-electron chi connectivity index (χ2n) is 2.53. The van der Waals surface area contributed by atoms with Crippen molar-refractivity contribution in [3.05, 3.63) is 30.1 Å². The molecular formula is C9H10N2O3. The summed E-state index contributed by atoms with van der Waals surface area (Å²) in [5.74, 6) is -0.523. The molecule has 0 aliphatic heterocycles. The SMILES string of the molecule is COC(=O)[C@H](NC=O)c1cccnc1. The molecule has 5 nitrogen and oxygen atoms in total. The molecule has 1 N–H and O–H groups in total. The van der Waals surface area contributed by atoms with Gasteiger partial charge >= 0.3 is 5.97 Å². The number of pyridine rings is 1. The summed E-state index contributed by atoms with van der Waals surface area (Å²) in [4.78, 5) is 25.3. The lowest BCUT2D eigenvalue weighted by Crippen LogP contribution is -2.28. The molecule has 74 valence electrons. The van der Waals surface area contributed by atoms with Crippen LogP contribution in [-0.2, 0) is 14.3 Å². The summed E-state index contributed by atoms with van der Waals surface area (Å²) in [5, 5.41) is 2.35. The average Bonchev–Trinajstić information content (AvgIpc) is 2.26. The summed E-state index contributed by atoms with van der Waals surface area (Å²) in [6.45, 7) is 0. The van der Waals surface area contributed by atoms with E-state index in [-0.39, 0.29) is 0 Å². The minimum Gasteiger partial charge on any atom is -0.467 e. The fourth-order valence-corrected chi connectivity index (χ4v) is 1.03. The zero-order chi connectivity index (χ0) is 10.4. The molecule has 0 fully saturated rings. The van der Waals surface area contributed by atoms with Crippen LogP contribution in [-0.4, -0.2) is 24.5 Å². The van der Waals surface area contributed by atoms with Crippen molar-refractivity contribution in [2.45, 2.75) is 6.04 Å². The van der Waals surface area contributed by atoms with Gasteiger partial charge in [0.05, 0.1) is 7.11 Å². The third-order valence-corrected chi connectivity index (χ3v) is 1.69. The highest BCUT2D eigenvalue weighted by Gasteiger charge is 2.20. The molecular weight excluding hydrogens is 184 g/mol. The zero-order valence-electron chi connectivity index (χ0n) is 7.64. The molecule has 1 rings (SSSR count). The van der Waals surface area contributed by atoms with Crippen molar-refractivity contribution in [2.24, 2.45) is 0 Å². The lowest BCUT2D eigenvalue weighted by Gasteiger charge is -2.12. The summed E-state index contributed by atoms with van der Waals surface area (Å²) in [7, 11) is 1.26. The maximum absolute atomic E-state index is 11.2. The Labute approximate surface area is 81.1 Å². The molecule has 1 aromatic heterocycles. The molecule has 0 saturated heterocycles. The number of esters is 1. The predicted molar refractivity (Wildman–Crippen MR) is 48.2 cm³/mol. The lowest BCUT2D eigenvalue weighted by atomic mass is 10.1. The van der Waals surface area contributed by atoms with Crippen LogP contribution in [0.15, 0.2) is 24.5 Å². The van der Waals surface area contributed by atoms with Crippen molar-refractivity contribution >= 4 is 12.4 Å². The first-order valence-corrected chi connectivity index (χ1v) is 3.97. The summed E-state index contributed by atoms with van der Waals surface area (Å²) in [6.07, 6.45) is 3.53. The topological polar surface area (TPSA) is 68.3 Å². The average molecular weight is 194 g/mol. The molecule has 0 unspecified atom stereocenters. The monoisotopic (exact) mass is 194 g/mol. The van der Waals surface area contributed by atoms with Crippen LogP contribution in [0.25, 0.3) is 0 Å². The third kappa shape index (κ3) is 2.29. The van der Waals surface area contributed by atoms with Crippen molar-refractivity contribution < 1.29 is 14.3 Å². The number of methoxy groups -OCH3 is 1. The van der Waals surface area contributed by atoms with Crippen LogP contribution >= 0.6 is 0 Å². The van der Waals surface area contributed by atoms with Gasteiger partial charge in [-0.05, 0) is 6.07 Å². The Morgan fingerprint density at radius 3 is 3.00 bits per heavy atom. The highest BCUT2D eigenvalue weighted by atomic mass is 16.5. The van der Waals surface area contributed by atoms with Gasteiger partial charge in [-0.3, -0.25) is 9.78 Å². The Hall–Kier alpha value is -1.91. The van der Waals surface area contributed by atoms with Crippen LogP contribution < -0.4 is 5.32 Å². The first kappa shape index (κ1) is 10.2. The van der Waals surface area contributed by atoms with E-state index in [0.29, 0.717) is 12.0 Å². The van der Waals surface area contributed by atoms with E-state index in [0.717, 1.165) is 0 Å². The number of amides is 1. The molecule has 1 amide bonds. The Bertz CT molecular complexity index is 313. The van der Waals surface area contributed by atoms with E-state index in [1.54, 1.807) is 18.3 Å². The van der Waals surface area contributed by atoms with E-state index in [4.69, 9.17) is 0 Å². The molecule has 1 aromatic rings. The number of hydrogen-bond donors (Lipinski definition) is 1. The van der Waals surface area contributed by atoms with E-state index in [9.17, 15) is 9.59 Å². The number of carbonyl (C=O) groups is 2. The van der Waals surface area contributed by atoms with Gasteiger partial charge in [0.2, 0.25) is 6.41 Å². The number of carbonyl (C=O) groups excluding carboxylic acids is 2. The molecule has 1 atom stereocenters. The maximum Gasteiger partial charge on any atom is 0.333 e. The number of nitrogens with zero attached hydrogens (tertiary/aromatic N) is 1. The lowest BCUT2D eigenvalue weighted by molar-refractivity contribution is -0.144. The van der Waals surface area contributed by atoms with Gasteiger partial charge in [0.1, 0.15) is 0 Å². The third-order valence-electron chi connectivity index (χ3n) is 1.69. The van der Waals surface area contributed by atoms with Gasteiger partial charge in [-0.25, -0.2) is 4.79 Å². The zero-order valence-corrected chi connectivity index (χ0v) is 7.64. The normalized spacial score (nSPS) is 11.5. The number of ether oxygens (including phenoxy) is 1. The molecule has 0 aromatic carbocycles. The Morgan fingerprint density at radius 2 is 2.50 bits per heavy atom. The fraction of sp³-hybridized carbons (Fsp3) is 0.222. The van der Waals surface area contributed by atoms with Crippen LogP contribution in [0.4, 0.5) is 0 Å². The van der Waals surface area contributed by atoms with Crippen molar-refractivity contribution in [3.8, 4) is 0 Å². The van der Waals surface area contributed by atoms with Gasteiger partial charge in [-0.15, -0.1) is 0 Å². The smallest absolute Gasteiger partial charge is 0.333 e. The van der Waals surface area contributed by atoms with Gasteiger partial charge in [0.15, 0.2) is 6.04 Å². The predicted octanol–water partition coefficient (Wildman–Crippen LogP) is 0.0417. The summed E-state index contributed by atoms with van der Waals surface area (Å²) in [5.41, 5.74) is 0.589. The van der Waals surface area contributed by atoms with Gasteiger partial charge in [0.25, 0.3) is 0 Å². The van der Waals surface area contributed by atoms with Crippen LogP contribution in [0, 0.1) is 0 Å². The van der Waals surface area contributed by atoms with Crippen molar-refractivity contribution in [2.75, 3.05) is 7.11 Å². The maximum atomic E-state index is 11.2. The van der Waals surface area contributed by atoms with Gasteiger partial charge in [-0.1, -0.05) is 6.07 Å². The minimum absolute atomic E-state index is 0.453. The highest BCUT2D eigenvalue weighted by molar-refractivity contribution is 5.79. The fourth-order valence-electron chi connectivity index (χ4n) is 1.03. The summed E-state index contributed by atoms with van der Waals surface area (Å²) in [6, 6.07) is 2.58. The van der Waals surface area contributed by atoms with Crippen molar-refractivity contribution in [1.29, 1.82) is 0 Å². The molecule has 0 aliphatic carbocycles. The summed E-state index contributed by atoms with van der Waals surface area (Å²) >= 11 is 0. The number of hydrogen-bond acceptors (Lipinski definition) is 4.